The summed E-state index contributed by atoms with van der Waals surface area (Å²) in [6.07, 6.45) is 1.66. The number of carbonyl (C=O) groups is 1. The van der Waals surface area contributed by atoms with E-state index >= 15 is 0 Å². The molecule has 1 amide bonds. The quantitative estimate of drug-likeness (QED) is 0.419. The van der Waals surface area contributed by atoms with E-state index in [9.17, 15) is 9.59 Å². The highest BCUT2D eigenvalue weighted by molar-refractivity contribution is 8.00. The summed E-state index contributed by atoms with van der Waals surface area (Å²) in [6, 6.07) is 14.2. The number of hydrogen-bond donors (Lipinski definition) is 0. The van der Waals surface area contributed by atoms with Gasteiger partial charge in [0.2, 0.25) is 5.91 Å². The van der Waals surface area contributed by atoms with E-state index in [2.05, 4.69) is 19.1 Å². The van der Waals surface area contributed by atoms with Gasteiger partial charge in [0.05, 0.1) is 22.0 Å². The Balaban J connectivity index is 1.50. The van der Waals surface area contributed by atoms with Gasteiger partial charge in [-0.3, -0.25) is 14.2 Å². The number of benzene rings is 2. The van der Waals surface area contributed by atoms with Crippen molar-refractivity contribution >= 4 is 35.1 Å². The van der Waals surface area contributed by atoms with Crippen molar-refractivity contribution in [3.63, 3.8) is 0 Å². The van der Waals surface area contributed by atoms with E-state index in [1.54, 1.807) is 16.3 Å². The molecule has 5 rings (SSSR count). The molecule has 164 valence electrons. The summed E-state index contributed by atoms with van der Waals surface area (Å²) in [7, 11) is 0. The average molecular weight is 464 g/mol. The summed E-state index contributed by atoms with van der Waals surface area (Å²) in [6.45, 7) is 6.88. The third kappa shape index (κ3) is 3.88. The molecule has 0 fully saturated rings. The van der Waals surface area contributed by atoms with Crippen LogP contribution in [0, 0.1) is 13.8 Å². The molecule has 32 heavy (non-hydrogen) atoms. The highest BCUT2D eigenvalue weighted by Gasteiger charge is 2.28. The summed E-state index contributed by atoms with van der Waals surface area (Å²) >= 11 is 2.96. The second-order valence-electron chi connectivity index (χ2n) is 8.50. The van der Waals surface area contributed by atoms with Crippen LogP contribution in [0.2, 0.25) is 0 Å². The zero-order valence-corrected chi connectivity index (χ0v) is 20.1. The van der Waals surface area contributed by atoms with E-state index in [-0.39, 0.29) is 17.2 Å². The first-order valence-corrected chi connectivity index (χ1v) is 12.7. The van der Waals surface area contributed by atoms with Gasteiger partial charge in [-0.2, -0.15) is 0 Å². The van der Waals surface area contributed by atoms with Gasteiger partial charge in [-0.25, -0.2) is 4.98 Å². The van der Waals surface area contributed by atoms with Gasteiger partial charge in [0.25, 0.3) is 5.56 Å². The molecule has 3 heterocycles. The summed E-state index contributed by atoms with van der Waals surface area (Å²) < 4.78 is 1.69. The molecule has 1 aromatic heterocycles. The minimum Gasteiger partial charge on any atom is -0.311 e. The number of amides is 1. The molecule has 2 aliphatic rings. The third-order valence-corrected chi connectivity index (χ3v) is 8.00. The van der Waals surface area contributed by atoms with Crippen LogP contribution in [0.3, 0.4) is 0 Å². The topological polar surface area (TPSA) is 55.2 Å². The van der Waals surface area contributed by atoms with Crippen molar-refractivity contribution in [3.05, 3.63) is 75.2 Å². The number of para-hydroxylation sites is 1. The molecular formula is C25H25N3O2S2. The Labute approximate surface area is 196 Å². The number of nitrogens with zero attached hydrogens (tertiary/aromatic N) is 3. The Bertz CT molecular complexity index is 1260. The Kier molecular flexibility index (Phi) is 5.63. The minimum absolute atomic E-state index is 0.0317. The average Bonchev–Trinajstić information content (AvgIpc) is 3.34. The molecule has 0 radical (unpaired) electrons. The highest BCUT2D eigenvalue weighted by Crippen LogP contribution is 2.35. The number of anilines is 1. The number of carbonyl (C=O) groups excluding carboxylic acids is 1. The predicted molar refractivity (Wildman–Crippen MR) is 132 cm³/mol. The Morgan fingerprint density at radius 2 is 1.94 bits per heavy atom. The van der Waals surface area contributed by atoms with Crippen molar-refractivity contribution in [2.75, 3.05) is 17.2 Å². The molecule has 0 bridgehead atoms. The first-order valence-electron chi connectivity index (χ1n) is 10.8. The fourth-order valence-electron chi connectivity index (χ4n) is 4.51. The molecule has 5 nitrogen and oxygen atoms in total. The van der Waals surface area contributed by atoms with Gasteiger partial charge in [-0.05, 0) is 55.2 Å². The normalized spacial score (nSPS) is 16.8. The Morgan fingerprint density at radius 1 is 1.19 bits per heavy atom. The molecule has 2 aromatic carbocycles. The van der Waals surface area contributed by atoms with Crippen LogP contribution in [0.5, 0.6) is 0 Å². The van der Waals surface area contributed by atoms with Gasteiger partial charge < -0.3 is 4.90 Å². The molecule has 2 aliphatic heterocycles. The largest absolute Gasteiger partial charge is 0.311 e. The van der Waals surface area contributed by atoms with Gasteiger partial charge >= 0.3 is 0 Å². The van der Waals surface area contributed by atoms with Gasteiger partial charge in [-0.1, -0.05) is 43.0 Å². The number of rotatable bonds is 4. The maximum Gasteiger partial charge on any atom is 0.272 e. The molecule has 0 saturated heterocycles. The van der Waals surface area contributed by atoms with E-state index in [1.807, 2.05) is 49.1 Å². The third-order valence-electron chi connectivity index (χ3n) is 5.86. The molecule has 1 atom stereocenters. The van der Waals surface area contributed by atoms with E-state index in [1.165, 1.54) is 17.3 Å². The van der Waals surface area contributed by atoms with Crippen molar-refractivity contribution < 1.29 is 4.79 Å². The Morgan fingerprint density at radius 3 is 2.72 bits per heavy atom. The van der Waals surface area contributed by atoms with E-state index < -0.39 is 0 Å². The van der Waals surface area contributed by atoms with Crippen molar-refractivity contribution in [2.45, 2.75) is 48.9 Å². The number of fused-ring (bicyclic) bond motifs is 2. The van der Waals surface area contributed by atoms with E-state index in [0.29, 0.717) is 17.0 Å². The highest BCUT2D eigenvalue weighted by atomic mass is 32.2. The smallest absolute Gasteiger partial charge is 0.272 e. The summed E-state index contributed by atoms with van der Waals surface area (Å²) in [4.78, 5) is 34.1. The molecule has 3 aromatic rings. The maximum atomic E-state index is 13.5. The lowest BCUT2D eigenvalue weighted by Crippen LogP contribution is -2.31. The van der Waals surface area contributed by atoms with Crippen molar-refractivity contribution in [1.82, 2.24) is 9.55 Å². The van der Waals surface area contributed by atoms with Crippen molar-refractivity contribution in [3.8, 4) is 5.69 Å². The van der Waals surface area contributed by atoms with Crippen LogP contribution in [0.1, 0.15) is 29.3 Å². The summed E-state index contributed by atoms with van der Waals surface area (Å²) in [5.41, 5.74) is 6.02. The molecule has 0 aliphatic carbocycles. The van der Waals surface area contributed by atoms with Crippen LogP contribution in [0.15, 0.2) is 57.3 Å². The van der Waals surface area contributed by atoms with Crippen LogP contribution >= 0.6 is 23.5 Å². The second-order valence-corrected chi connectivity index (χ2v) is 10.9. The molecule has 1 unspecified atom stereocenters. The summed E-state index contributed by atoms with van der Waals surface area (Å²) in [5, 5.41) is 0.926. The van der Waals surface area contributed by atoms with Gasteiger partial charge in [-0.15, -0.1) is 11.8 Å². The van der Waals surface area contributed by atoms with Gasteiger partial charge in [0.1, 0.15) is 0 Å². The van der Waals surface area contributed by atoms with Crippen molar-refractivity contribution in [1.29, 1.82) is 0 Å². The number of thioether (sulfide) groups is 2. The number of aryl methyl sites for hydroxylation is 2. The monoisotopic (exact) mass is 463 g/mol. The van der Waals surface area contributed by atoms with Crippen LogP contribution < -0.4 is 10.5 Å². The fraction of sp³-hybridized carbons (Fsp3) is 0.320. The number of aromatic nitrogens is 2. The van der Waals surface area contributed by atoms with Gasteiger partial charge in [0, 0.05) is 23.9 Å². The maximum absolute atomic E-state index is 13.5. The van der Waals surface area contributed by atoms with Crippen LogP contribution in [-0.4, -0.2) is 33.0 Å². The fourth-order valence-corrected chi connectivity index (χ4v) is 6.51. The standard InChI is InChI=1S/C25H25N3O2S2/c1-15-10-16(2)12-19(11-15)28-24(30)23-20(13-17(3)32-23)26-25(28)31-14-22(29)27-9-8-18-6-4-5-7-21(18)27/h4-7,10-12,17H,8-9,13-14H2,1-3H3. The molecular weight excluding hydrogens is 438 g/mol. The Hall–Kier alpha value is -2.51. The predicted octanol–water partition coefficient (Wildman–Crippen LogP) is 4.57. The minimum atomic E-state index is -0.0317. The number of hydrogen-bond acceptors (Lipinski definition) is 5. The second kappa shape index (κ2) is 8.45. The summed E-state index contributed by atoms with van der Waals surface area (Å²) in [5.74, 6) is 0.289. The van der Waals surface area contributed by atoms with Gasteiger partial charge in [0.15, 0.2) is 5.16 Å². The molecule has 7 heteroatoms. The first kappa shape index (κ1) is 21.3. The lowest BCUT2D eigenvalue weighted by atomic mass is 10.1. The zero-order valence-electron chi connectivity index (χ0n) is 18.4. The molecule has 0 spiro atoms. The lowest BCUT2D eigenvalue weighted by molar-refractivity contribution is -0.116. The van der Waals surface area contributed by atoms with Crippen LogP contribution in [0.4, 0.5) is 5.69 Å². The SMILES string of the molecule is Cc1cc(C)cc(-n2c(SCC(=O)N3CCc4ccccc43)nc3c(c2=O)SC(C)C3)c1. The van der Waals surface area contributed by atoms with E-state index in [0.717, 1.165) is 45.9 Å². The molecule has 0 saturated carbocycles. The van der Waals surface area contributed by atoms with Crippen LogP contribution in [-0.2, 0) is 17.6 Å². The lowest BCUT2D eigenvalue weighted by Gasteiger charge is -2.18. The zero-order chi connectivity index (χ0) is 22.4. The van der Waals surface area contributed by atoms with E-state index in [4.69, 9.17) is 4.98 Å². The van der Waals surface area contributed by atoms with Crippen LogP contribution in [0.25, 0.3) is 5.69 Å². The molecule has 0 N–H and O–H groups in total. The first-order chi connectivity index (χ1) is 15.4. The van der Waals surface area contributed by atoms with Crippen molar-refractivity contribution in [2.24, 2.45) is 0 Å².